The van der Waals surface area contributed by atoms with Gasteiger partial charge in [0.05, 0.1) is 12.8 Å². The lowest BCUT2D eigenvalue weighted by Crippen LogP contribution is -2.36. The fourth-order valence-electron chi connectivity index (χ4n) is 3.75. The number of hydrogen-bond donors (Lipinski definition) is 1. The molecule has 1 fully saturated rings. The van der Waals surface area contributed by atoms with Gasteiger partial charge in [-0.15, -0.1) is 0 Å². The molecule has 2 aromatic rings. The molecule has 0 aromatic heterocycles. The monoisotopic (exact) mass is 405 g/mol. The molecule has 0 spiro atoms. The van der Waals surface area contributed by atoms with Gasteiger partial charge in [0.25, 0.3) is 5.91 Å². The summed E-state index contributed by atoms with van der Waals surface area (Å²) in [6, 6.07) is 13.1. The Morgan fingerprint density at radius 1 is 1.07 bits per heavy atom. The van der Waals surface area contributed by atoms with Crippen LogP contribution in [0.5, 0.6) is 5.75 Å². The molecule has 2 aromatic carbocycles. The number of anilines is 1. The quantitative estimate of drug-likeness (QED) is 0.624. The van der Waals surface area contributed by atoms with Gasteiger partial charge in [-0.1, -0.05) is 51.1 Å². The topological polar surface area (TPSA) is 88.1 Å². The van der Waals surface area contributed by atoms with Crippen LogP contribution >= 0.6 is 0 Å². The number of rotatable bonds is 4. The lowest BCUT2D eigenvalue weighted by atomic mass is 9.85. The summed E-state index contributed by atoms with van der Waals surface area (Å²) in [5.41, 5.74) is 4.65. The van der Waals surface area contributed by atoms with Gasteiger partial charge in [-0.05, 0) is 23.1 Å². The number of Topliss-reactive ketones (excluding diaryl/α,β-unsaturated/α-hetero) is 1. The average Bonchev–Trinajstić information content (AvgIpc) is 3.27. The van der Waals surface area contributed by atoms with Crippen LogP contribution in [0.25, 0.3) is 0 Å². The SMILES string of the molecule is COc1cccc(N2C(=O)[C@@H]3C(C(=O)c4ccc(C(C)(C)C)cc4)=NN[C@@H]3C2=O)c1. The predicted octanol–water partition coefficient (Wildman–Crippen LogP) is 2.69. The number of hydrogen-bond acceptors (Lipinski definition) is 6. The summed E-state index contributed by atoms with van der Waals surface area (Å²) in [6.07, 6.45) is 0. The van der Waals surface area contributed by atoms with E-state index >= 15 is 0 Å². The van der Waals surface area contributed by atoms with Crippen molar-refractivity contribution in [1.82, 2.24) is 5.43 Å². The van der Waals surface area contributed by atoms with Crippen molar-refractivity contribution in [2.45, 2.75) is 32.2 Å². The van der Waals surface area contributed by atoms with Gasteiger partial charge in [-0.2, -0.15) is 5.10 Å². The zero-order valence-corrected chi connectivity index (χ0v) is 17.3. The summed E-state index contributed by atoms with van der Waals surface area (Å²) in [5, 5.41) is 4.05. The number of benzene rings is 2. The minimum atomic E-state index is -0.946. The number of amides is 2. The van der Waals surface area contributed by atoms with Crippen molar-refractivity contribution >= 4 is 29.0 Å². The second-order valence-electron chi connectivity index (χ2n) is 8.45. The first-order valence-electron chi connectivity index (χ1n) is 9.72. The second kappa shape index (κ2) is 7.09. The lowest BCUT2D eigenvalue weighted by molar-refractivity contribution is -0.122. The van der Waals surface area contributed by atoms with Gasteiger partial charge in [0.2, 0.25) is 11.7 Å². The number of methoxy groups -OCH3 is 1. The third-order valence-corrected chi connectivity index (χ3v) is 5.48. The second-order valence-corrected chi connectivity index (χ2v) is 8.45. The standard InChI is InChI=1S/C23H23N3O4/c1-23(2,3)14-10-8-13(9-11-14)20(27)18-17-19(25-24-18)22(29)26(21(17)28)15-6-5-7-16(12-15)30-4/h5-12,17,19,25H,1-4H3/t17-,19+/m1/s1. The number of fused-ring (bicyclic) bond motifs is 1. The van der Waals surface area contributed by atoms with E-state index in [-0.39, 0.29) is 16.9 Å². The van der Waals surface area contributed by atoms with E-state index in [1.165, 1.54) is 7.11 Å². The predicted molar refractivity (Wildman–Crippen MR) is 113 cm³/mol. The summed E-state index contributed by atoms with van der Waals surface area (Å²) in [5.74, 6) is -1.68. The molecule has 30 heavy (non-hydrogen) atoms. The highest BCUT2D eigenvalue weighted by Gasteiger charge is 2.55. The molecule has 0 radical (unpaired) electrons. The van der Waals surface area contributed by atoms with E-state index in [9.17, 15) is 14.4 Å². The van der Waals surface area contributed by atoms with Gasteiger partial charge in [0, 0.05) is 11.6 Å². The Balaban J connectivity index is 1.61. The van der Waals surface area contributed by atoms with Crippen LogP contribution in [-0.4, -0.2) is 36.5 Å². The van der Waals surface area contributed by atoms with E-state index in [0.717, 1.165) is 10.5 Å². The first kappa shape index (κ1) is 19.8. The molecule has 2 atom stereocenters. The number of imide groups is 1. The summed E-state index contributed by atoms with van der Waals surface area (Å²) in [6.45, 7) is 6.28. The Kier molecular flexibility index (Phi) is 4.68. The van der Waals surface area contributed by atoms with Crippen LogP contribution < -0.4 is 15.1 Å². The maximum atomic E-state index is 13.1. The number of ether oxygens (including phenoxy) is 1. The molecule has 0 unspecified atom stereocenters. The number of nitrogens with one attached hydrogen (secondary N) is 1. The average molecular weight is 405 g/mol. The van der Waals surface area contributed by atoms with Crippen LogP contribution in [0.3, 0.4) is 0 Å². The molecule has 0 bridgehead atoms. The van der Waals surface area contributed by atoms with Crippen molar-refractivity contribution in [1.29, 1.82) is 0 Å². The summed E-state index contributed by atoms with van der Waals surface area (Å²) < 4.78 is 5.19. The first-order chi connectivity index (χ1) is 14.2. The number of ketones is 1. The van der Waals surface area contributed by atoms with Crippen molar-refractivity contribution in [3.63, 3.8) is 0 Å². The summed E-state index contributed by atoms with van der Waals surface area (Å²) >= 11 is 0. The van der Waals surface area contributed by atoms with Crippen molar-refractivity contribution in [2.24, 2.45) is 11.0 Å². The van der Waals surface area contributed by atoms with Gasteiger partial charge in [0.1, 0.15) is 23.4 Å². The van der Waals surface area contributed by atoms with Crippen LogP contribution in [0, 0.1) is 5.92 Å². The summed E-state index contributed by atoms with van der Waals surface area (Å²) in [7, 11) is 1.51. The molecule has 0 aliphatic carbocycles. The molecule has 1 N–H and O–H groups in total. The molecule has 7 heteroatoms. The Hall–Kier alpha value is -3.48. The molecule has 2 amide bonds. The molecule has 2 aliphatic heterocycles. The third kappa shape index (κ3) is 3.16. The maximum absolute atomic E-state index is 13.1. The van der Waals surface area contributed by atoms with Crippen LogP contribution in [0.4, 0.5) is 5.69 Å². The molecule has 7 nitrogen and oxygen atoms in total. The number of carbonyl (C=O) groups excluding carboxylic acids is 3. The number of hydrazone groups is 1. The van der Waals surface area contributed by atoms with Crippen LogP contribution in [-0.2, 0) is 15.0 Å². The molecular formula is C23H23N3O4. The molecule has 2 aliphatic rings. The van der Waals surface area contributed by atoms with Crippen molar-refractivity contribution in [3.8, 4) is 5.75 Å². The number of carbonyl (C=O) groups is 3. The largest absolute Gasteiger partial charge is 0.497 e. The Morgan fingerprint density at radius 3 is 2.40 bits per heavy atom. The van der Waals surface area contributed by atoms with Gasteiger partial charge in [-0.3, -0.25) is 19.8 Å². The maximum Gasteiger partial charge on any atom is 0.259 e. The Bertz CT molecular complexity index is 1070. The highest BCUT2D eigenvalue weighted by Crippen LogP contribution is 2.33. The van der Waals surface area contributed by atoms with E-state index in [1.54, 1.807) is 36.4 Å². The molecule has 2 heterocycles. The normalized spacial score (nSPS) is 20.7. The smallest absolute Gasteiger partial charge is 0.259 e. The molecule has 0 saturated carbocycles. The highest BCUT2D eigenvalue weighted by atomic mass is 16.5. The summed E-state index contributed by atoms with van der Waals surface area (Å²) in [4.78, 5) is 40.2. The minimum Gasteiger partial charge on any atom is -0.497 e. The fourth-order valence-corrected chi connectivity index (χ4v) is 3.75. The van der Waals surface area contributed by atoms with Crippen molar-refractivity contribution in [2.75, 3.05) is 12.0 Å². The molecule has 4 rings (SSSR count). The van der Waals surface area contributed by atoms with Crippen molar-refractivity contribution < 1.29 is 19.1 Å². The van der Waals surface area contributed by atoms with E-state index in [1.807, 2.05) is 12.1 Å². The Morgan fingerprint density at radius 2 is 1.77 bits per heavy atom. The highest BCUT2D eigenvalue weighted by molar-refractivity contribution is 6.52. The third-order valence-electron chi connectivity index (χ3n) is 5.48. The first-order valence-corrected chi connectivity index (χ1v) is 9.72. The fraction of sp³-hybridized carbons (Fsp3) is 0.304. The lowest BCUT2D eigenvalue weighted by Gasteiger charge is -2.19. The minimum absolute atomic E-state index is 0.0375. The van der Waals surface area contributed by atoms with E-state index < -0.39 is 23.8 Å². The molecular weight excluding hydrogens is 382 g/mol. The van der Waals surface area contributed by atoms with Crippen LogP contribution in [0.2, 0.25) is 0 Å². The van der Waals surface area contributed by atoms with Gasteiger partial charge in [0.15, 0.2) is 0 Å². The van der Waals surface area contributed by atoms with Crippen molar-refractivity contribution in [3.05, 3.63) is 59.7 Å². The zero-order chi connectivity index (χ0) is 21.6. The van der Waals surface area contributed by atoms with Gasteiger partial charge < -0.3 is 4.74 Å². The van der Waals surface area contributed by atoms with E-state index in [2.05, 4.69) is 31.3 Å². The van der Waals surface area contributed by atoms with E-state index in [4.69, 9.17) is 4.74 Å². The molecule has 1 saturated heterocycles. The van der Waals surface area contributed by atoms with Crippen LogP contribution in [0.1, 0.15) is 36.7 Å². The van der Waals surface area contributed by atoms with Crippen LogP contribution in [0.15, 0.2) is 53.6 Å². The zero-order valence-electron chi connectivity index (χ0n) is 17.3. The Labute approximate surface area is 174 Å². The molecule has 154 valence electrons. The number of nitrogens with zero attached hydrogens (tertiary/aromatic N) is 2. The van der Waals surface area contributed by atoms with E-state index in [0.29, 0.717) is 17.0 Å². The van der Waals surface area contributed by atoms with Gasteiger partial charge >= 0.3 is 0 Å². The van der Waals surface area contributed by atoms with Gasteiger partial charge in [-0.25, -0.2) is 4.90 Å².